The Hall–Kier alpha value is -2.85. The molecule has 5 rings (SSSR count). The van der Waals surface area contributed by atoms with Crippen molar-refractivity contribution in [2.75, 3.05) is 6.54 Å². The van der Waals surface area contributed by atoms with Gasteiger partial charge < -0.3 is 26.2 Å². The molecule has 1 aromatic heterocycles. The highest BCUT2D eigenvalue weighted by Crippen LogP contribution is 2.43. The molecule has 0 bridgehead atoms. The van der Waals surface area contributed by atoms with Crippen LogP contribution in [0.4, 0.5) is 0 Å². The van der Waals surface area contributed by atoms with Gasteiger partial charge in [-0.2, -0.15) is 40.5 Å². The van der Waals surface area contributed by atoms with Crippen molar-refractivity contribution in [3.05, 3.63) is 24.3 Å². The summed E-state index contributed by atoms with van der Waals surface area (Å²) >= 11 is 0. The van der Waals surface area contributed by atoms with E-state index >= 15 is 0 Å². The van der Waals surface area contributed by atoms with E-state index in [1.54, 1.807) is 4.90 Å². The average Bonchev–Trinajstić information content (AvgIpc) is 3.65. The maximum atomic E-state index is 14.6. The minimum atomic E-state index is -0.994. The lowest BCUT2D eigenvalue weighted by Gasteiger charge is -2.38. The number of nitrogens with zero attached hydrogens (tertiary/aromatic N) is 3. The molecule has 1 aliphatic heterocycles. The second-order valence-corrected chi connectivity index (χ2v) is 15.5. The lowest BCUT2D eigenvalue weighted by atomic mass is 9.82. The third kappa shape index (κ3) is 13.6. The summed E-state index contributed by atoms with van der Waals surface area (Å²) in [5.74, 6) is -3.20. The molecule has 4 aliphatic rings. The lowest BCUT2D eigenvalue weighted by molar-refractivity contribution is -0.146. The second kappa shape index (κ2) is 24.0. The summed E-state index contributed by atoms with van der Waals surface area (Å²) in [7, 11) is 0. The molecule has 5 amide bonds. The van der Waals surface area contributed by atoms with Crippen molar-refractivity contribution in [2.24, 2.45) is 23.2 Å². The zero-order valence-electron chi connectivity index (χ0n) is 30.8. The first-order chi connectivity index (χ1) is 23.4. The molecule has 16 heteroatoms. The Kier molecular flexibility index (Phi) is 23.7. The maximum absolute atomic E-state index is 14.6. The van der Waals surface area contributed by atoms with Gasteiger partial charge in [-0.3, -0.25) is 33.8 Å². The minimum Gasteiger partial charge on any atom is -0.347 e. The summed E-state index contributed by atoms with van der Waals surface area (Å²) in [6, 6.07) is -3.68. The van der Waals surface area contributed by atoms with Gasteiger partial charge in [-0.15, -0.1) is 0 Å². The molecular formula is C39H71N7O6S3. The number of ketones is 1. The summed E-state index contributed by atoms with van der Waals surface area (Å²) < 4.78 is 0. The summed E-state index contributed by atoms with van der Waals surface area (Å²) in [5.41, 5.74) is -0.638. The van der Waals surface area contributed by atoms with Gasteiger partial charge in [-0.25, -0.2) is 4.98 Å². The third-order valence-electron chi connectivity index (χ3n) is 10.7. The van der Waals surface area contributed by atoms with Crippen LogP contribution in [0.2, 0.25) is 0 Å². The Balaban J connectivity index is 0. The number of carbonyl (C=O) groups is 6. The van der Waals surface area contributed by atoms with Crippen molar-refractivity contribution >= 4 is 75.8 Å². The number of fused-ring (bicyclic) bond motifs is 1. The molecular weight excluding hydrogens is 759 g/mol. The number of amides is 5. The Morgan fingerprint density at radius 2 is 1.49 bits per heavy atom. The van der Waals surface area contributed by atoms with Crippen molar-refractivity contribution in [1.82, 2.24) is 36.1 Å². The van der Waals surface area contributed by atoms with Crippen molar-refractivity contribution < 1.29 is 28.8 Å². The zero-order valence-corrected chi connectivity index (χ0v) is 33.8. The zero-order chi connectivity index (χ0) is 35.3. The molecule has 1 saturated heterocycles. The number of rotatable bonds is 13. The fourth-order valence-electron chi connectivity index (χ4n) is 7.87. The topological polar surface area (TPSA) is 180 Å². The SMILES string of the molecule is C.C.C.CCC[C@H](NC(=O)[C@@H]1[C@@H]2CCC[C@H]2CN1C(=O)[C@@H](NC(=O)[C@H](NC(=O)c1cnccn1)C1CCCCC1)C(C)(C)C)C(=O)C(=O)NC1CC1.S.S.S. The van der Waals surface area contributed by atoms with E-state index in [2.05, 4.69) is 31.2 Å². The Bertz CT molecular complexity index is 1410. The van der Waals surface area contributed by atoms with Crippen molar-refractivity contribution in [3.8, 4) is 0 Å². The van der Waals surface area contributed by atoms with Crippen LogP contribution in [0.15, 0.2) is 18.6 Å². The standard InChI is InChI=1S/C36H53N7O6.3CH4.3H2S/c1-5-10-25(29(44)34(48)39-23-15-16-23)40-33(47)28-24-14-9-13-22(24)20-43(28)35(49)30(36(2,3)4)42-32(46)27(21-11-7-6-8-12-21)41-31(45)26-19-37-17-18-38-26;;;;;;/h17-19,21-25,27-28,30H,5-16,20H2,1-4H3,(H,39,48)(H,40,47)(H,41,45)(H,42,46);3*1H4;3*1H2/t22-,24+,25-,27+,28-,30+;;;;;;/m0....../s1. The van der Waals surface area contributed by atoms with Gasteiger partial charge in [0, 0.05) is 25.0 Å². The molecule has 1 aromatic rings. The third-order valence-corrected chi connectivity index (χ3v) is 10.7. The fraction of sp³-hybridized carbons (Fsp3) is 0.744. The predicted octanol–water partition coefficient (Wildman–Crippen LogP) is 4.69. The number of Topliss-reactive ketones (excluding diaryl/α,β-unsaturated/α-hetero) is 1. The fourth-order valence-corrected chi connectivity index (χ4v) is 7.87. The summed E-state index contributed by atoms with van der Waals surface area (Å²) in [6.45, 7) is 7.85. The van der Waals surface area contributed by atoms with Crippen LogP contribution < -0.4 is 21.3 Å². The first-order valence-electron chi connectivity index (χ1n) is 18.2. The van der Waals surface area contributed by atoms with E-state index in [0.717, 1.165) is 64.2 Å². The van der Waals surface area contributed by atoms with E-state index in [1.807, 2.05) is 27.7 Å². The Morgan fingerprint density at radius 3 is 2.05 bits per heavy atom. The van der Waals surface area contributed by atoms with E-state index in [9.17, 15) is 28.8 Å². The van der Waals surface area contributed by atoms with Crippen molar-refractivity contribution in [3.63, 3.8) is 0 Å². The molecule has 3 aliphatic carbocycles. The molecule has 6 atom stereocenters. The highest BCUT2D eigenvalue weighted by atomic mass is 32.1. The van der Waals surface area contributed by atoms with Crippen LogP contribution in [-0.4, -0.2) is 86.9 Å². The van der Waals surface area contributed by atoms with Crippen molar-refractivity contribution in [2.45, 2.75) is 157 Å². The minimum absolute atomic E-state index is 0. The number of carbonyl (C=O) groups excluding carboxylic acids is 6. The van der Waals surface area contributed by atoms with Gasteiger partial charge in [0.25, 0.3) is 11.8 Å². The summed E-state index contributed by atoms with van der Waals surface area (Å²) in [5, 5.41) is 11.5. The van der Waals surface area contributed by atoms with Crippen LogP contribution in [0.25, 0.3) is 0 Å². The van der Waals surface area contributed by atoms with Crippen LogP contribution in [0.1, 0.15) is 138 Å². The molecule has 55 heavy (non-hydrogen) atoms. The molecule has 0 unspecified atom stereocenters. The number of hydrogen-bond donors (Lipinski definition) is 4. The van der Waals surface area contributed by atoms with Crippen LogP contribution >= 0.6 is 40.5 Å². The molecule has 0 spiro atoms. The highest BCUT2D eigenvalue weighted by Gasteiger charge is 2.52. The van der Waals surface area contributed by atoms with Gasteiger partial charge in [0.2, 0.25) is 23.5 Å². The number of aromatic nitrogens is 2. The lowest BCUT2D eigenvalue weighted by Crippen LogP contribution is -2.62. The molecule has 2 heterocycles. The first kappa shape index (κ1) is 54.3. The van der Waals surface area contributed by atoms with Gasteiger partial charge in [0.15, 0.2) is 0 Å². The van der Waals surface area contributed by atoms with Crippen molar-refractivity contribution in [1.29, 1.82) is 0 Å². The van der Waals surface area contributed by atoms with Crippen LogP contribution in [-0.2, 0) is 24.0 Å². The van der Waals surface area contributed by atoms with E-state index in [4.69, 9.17) is 0 Å². The van der Waals surface area contributed by atoms with Gasteiger partial charge in [-0.05, 0) is 68.1 Å². The number of nitrogens with one attached hydrogen (secondary N) is 4. The summed E-state index contributed by atoms with van der Waals surface area (Å²) in [4.78, 5) is 91.4. The second-order valence-electron chi connectivity index (χ2n) is 15.5. The van der Waals surface area contributed by atoms with E-state index < -0.39 is 59.0 Å². The molecule has 316 valence electrons. The quantitative estimate of drug-likeness (QED) is 0.207. The maximum Gasteiger partial charge on any atom is 0.289 e. The normalized spacial score (nSPS) is 21.6. The molecule has 4 N–H and O–H groups in total. The molecule has 0 aromatic carbocycles. The molecule has 4 fully saturated rings. The average molecular weight is 830 g/mol. The Labute approximate surface area is 350 Å². The van der Waals surface area contributed by atoms with Gasteiger partial charge in [0.05, 0.1) is 12.2 Å². The van der Waals surface area contributed by atoms with Crippen LogP contribution in [0.3, 0.4) is 0 Å². The van der Waals surface area contributed by atoms with Gasteiger partial charge >= 0.3 is 0 Å². The van der Waals surface area contributed by atoms with Gasteiger partial charge in [0.1, 0.15) is 23.8 Å². The number of likely N-dealkylation sites (tertiary alicyclic amines) is 1. The molecule has 13 nitrogen and oxygen atoms in total. The van der Waals surface area contributed by atoms with E-state index in [-0.39, 0.29) is 98.2 Å². The van der Waals surface area contributed by atoms with Crippen LogP contribution in [0, 0.1) is 23.2 Å². The van der Waals surface area contributed by atoms with Gasteiger partial charge in [-0.1, -0.05) is 82.1 Å². The summed E-state index contributed by atoms with van der Waals surface area (Å²) in [6.07, 6.45) is 13.9. The number of hydrogen-bond acceptors (Lipinski definition) is 8. The Morgan fingerprint density at radius 1 is 0.836 bits per heavy atom. The molecule has 0 radical (unpaired) electrons. The first-order valence-corrected chi connectivity index (χ1v) is 18.2. The van der Waals surface area contributed by atoms with E-state index in [0.29, 0.717) is 19.4 Å². The smallest absolute Gasteiger partial charge is 0.289 e. The molecule has 3 saturated carbocycles. The largest absolute Gasteiger partial charge is 0.347 e. The predicted molar refractivity (Wildman–Crippen MR) is 232 cm³/mol. The van der Waals surface area contributed by atoms with Crippen LogP contribution in [0.5, 0.6) is 0 Å². The monoisotopic (exact) mass is 829 g/mol. The van der Waals surface area contributed by atoms with E-state index in [1.165, 1.54) is 18.6 Å². The highest BCUT2D eigenvalue weighted by molar-refractivity contribution is 7.59.